The van der Waals surface area contributed by atoms with Crippen molar-refractivity contribution in [2.75, 3.05) is 10.6 Å². The quantitative estimate of drug-likeness (QED) is 0.304. The number of anilines is 2. The molecule has 1 atom stereocenters. The first-order chi connectivity index (χ1) is 17.3. The molecule has 1 aliphatic heterocycles. The van der Waals surface area contributed by atoms with Crippen LogP contribution in [0.1, 0.15) is 41.5 Å². The van der Waals surface area contributed by atoms with E-state index >= 15 is 0 Å². The highest BCUT2D eigenvalue weighted by molar-refractivity contribution is 6.30. The monoisotopic (exact) mass is 499 g/mol. The molecule has 6 nitrogen and oxygen atoms in total. The molecular formula is C29H26ClN3O3. The Morgan fingerprint density at radius 2 is 1.69 bits per heavy atom. The molecule has 2 N–H and O–H groups in total. The lowest BCUT2D eigenvalue weighted by Gasteiger charge is -2.25. The summed E-state index contributed by atoms with van der Waals surface area (Å²) in [4.78, 5) is 26.4. The van der Waals surface area contributed by atoms with Gasteiger partial charge in [0.05, 0.1) is 0 Å². The molecule has 0 bridgehead atoms. The molecule has 2 heterocycles. The van der Waals surface area contributed by atoms with Gasteiger partial charge < -0.3 is 19.9 Å². The summed E-state index contributed by atoms with van der Waals surface area (Å²) in [7, 11) is 0. The summed E-state index contributed by atoms with van der Waals surface area (Å²) in [6.45, 7) is 4.09. The van der Waals surface area contributed by atoms with Crippen LogP contribution in [0.3, 0.4) is 0 Å². The van der Waals surface area contributed by atoms with Crippen LogP contribution in [0.25, 0.3) is 0 Å². The fourth-order valence-electron chi connectivity index (χ4n) is 4.25. The molecule has 0 radical (unpaired) electrons. The molecule has 1 amide bonds. The number of benzene rings is 3. The average Bonchev–Trinajstić information content (AvgIpc) is 3.26. The molecule has 1 unspecified atom stereocenters. The van der Waals surface area contributed by atoms with Crippen LogP contribution in [0, 0.1) is 0 Å². The van der Waals surface area contributed by atoms with Crippen molar-refractivity contribution in [2.24, 2.45) is 0 Å². The minimum Gasteiger partial charge on any atom is -0.478 e. The Labute approximate surface area is 214 Å². The number of nitrogens with one attached hydrogen (secondary N) is 2. The third-order valence-corrected chi connectivity index (χ3v) is 6.49. The molecule has 0 saturated carbocycles. The van der Waals surface area contributed by atoms with Crippen molar-refractivity contribution in [3.8, 4) is 5.75 Å². The maximum Gasteiger partial charge on any atom is 0.267 e. The van der Waals surface area contributed by atoms with Crippen molar-refractivity contribution in [1.82, 2.24) is 4.57 Å². The van der Waals surface area contributed by atoms with Crippen LogP contribution in [-0.2, 0) is 11.3 Å². The zero-order chi connectivity index (χ0) is 25.3. The third kappa shape index (κ3) is 4.86. The average molecular weight is 500 g/mol. The van der Waals surface area contributed by atoms with Gasteiger partial charge in [0.1, 0.15) is 11.8 Å². The van der Waals surface area contributed by atoms with Gasteiger partial charge >= 0.3 is 0 Å². The molecule has 182 valence electrons. The number of nitrogens with zero attached hydrogens (tertiary/aromatic N) is 1. The summed E-state index contributed by atoms with van der Waals surface area (Å²) in [5.41, 5.74) is 3.00. The third-order valence-electron chi connectivity index (χ3n) is 6.24. The first-order valence-electron chi connectivity index (χ1n) is 11.7. The zero-order valence-corrected chi connectivity index (χ0v) is 20.8. The van der Waals surface area contributed by atoms with Crippen LogP contribution in [-0.4, -0.2) is 21.9 Å². The molecule has 0 fully saturated rings. The van der Waals surface area contributed by atoms with E-state index in [0.717, 1.165) is 16.9 Å². The lowest BCUT2D eigenvalue weighted by atomic mass is 10.0. The van der Waals surface area contributed by atoms with Gasteiger partial charge in [-0.25, -0.2) is 0 Å². The fourth-order valence-corrected chi connectivity index (χ4v) is 4.38. The molecule has 1 aliphatic rings. The highest BCUT2D eigenvalue weighted by Crippen LogP contribution is 2.31. The van der Waals surface area contributed by atoms with E-state index in [1.165, 1.54) is 0 Å². The molecular weight excluding hydrogens is 474 g/mol. The lowest BCUT2D eigenvalue weighted by molar-refractivity contribution is -0.128. The number of rotatable bonds is 6. The predicted molar refractivity (Wildman–Crippen MR) is 142 cm³/mol. The summed E-state index contributed by atoms with van der Waals surface area (Å²) in [6.07, 6.45) is 1.99. The number of hydrogen-bond donors (Lipinski definition) is 2. The van der Waals surface area contributed by atoms with Crippen molar-refractivity contribution in [2.45, 2.75) is 32.0 Å². The van der Waals surface area contributed by atoms with E-state index in [9.17, 15) is 9.59 Å². The first-order valence-corrected chi connectivity index (χ1v) is 12.1. The second-order valence-corrected chi connectivity index (χ2v) is 9.69. The second-order valence-electron chi connectivity index (χ2n) is 9.26. The van der Waals surface area contributed by atoms with Crippen LogP contribution >= 0.6 is 11.6 Å². The van der Waals surface area contributed by atoms with Crippen LogP contribution in [0.5, 0.6) is 5.75 Å². The Morgan fingerprint density at radius 1 is 0.972 bits per heavy atom. The predicted octanol–water partition coefficient (Wildman–Crippen LogP) is 6.34. The Kier molecular flexibility index (Phi) is 6.29. The summed E-state index contributed by atoms with van der Waals surface area (Å²) < 4.78 is 7.96. The van der Waals surface area contributed by atoms with Gasteiger partial charge in [0.2, 0.25) is 0 Å². The molecule has 0 aliphatic carbocycles. The summed E-state index contributed by atoms with van der Waals surface area (Å²) >= 11 is 5.92. The smallest absolute Gasteiger partial charge is 0.267 e. The van der Waals surface area contributed by atoms with E-state index in [-0.39, 0.29) is 11.7 Å². The van der Waals surface area contributed by atoms with Gasteiger partial charge in [0.25, 0.3) is 5.91 Å². The van der Waals surface area contributed by atoms with Crippen LogP contribution in [0.15, 0.2) is 91.1 Å². The molecule has 3 aromatic carbocycles. The van der Waals surface area contributed by atoms with Gasteiger partial charge in [-0.2, -0.15) is 0 Å². The largest absolute Gasteiger partial charge is 0.478 e. The topological polar surface area (TPSA) is 72.4 Å². The van der Waals surface area contributed by atoms with Crippen molar-refractivity contribution < 1.29 is 14.3 Å². The van der Waals surface area contributed by atoms with Crippen LogP contribution < -0.4 is 15.4 Å². The molecule has 7 heteroatoms. The van der Waals surface area contributed by atoms with E-state index in [2.05, 4.69) is 21.3 Å². The number of aromatic nitrogens is 1. The Balaban J connectivity index is 1.30. The van der Waals surface area contributed by atoms with Crippen molar-refractivity contribution in [1.29, 1.82) is 0 Å². The Bertz CT molecular complexity index is 1410. The van der Waals surface area contributed by atoms with E-state index in [0.29, 0.717) is 28.6 Å². The molecule has 36 heavy (non-hydrogen) atoms. The maximum absolute atomic E-state index is 13.6. The normalized spacial score (nSPS) is 14.6. The number of ketones is 1. The van der Waals surface area contributed by atoms with Crippen molar-refractivity contribution >= 4 is 34.7 Å². The van der Waals surface area contributed by atoms with Gasteiger partial charge in [-0.05, 0) is 86.1 Å². The number of halogens is 1. The summed E-state index contributed by atoms with van der Waals surface area (Å²) in [6, 6.07) is 25.2. The summed E-state index contributed by atoms with van der Waals surface area (Å²) in [5, 5.41) is 6.89. The van der Waals surface area contributed by atoms with E-state index in [1.54, 1.807) is 62.4 Å². The number of Topliss-reactive ketones (excluding diaryl/α,β-unsaturated/α-hetero) is 1. The molecule has 4 aromatic rings. The van der Waals surface area contributed by atoms with Gasteiger partial charge in [0.15, 0.2) is 11.4 Å². The SMILES string of the molecule is CC(C)(Oc1ccc(Cl)cc1)C(=O)Nc1ccc(C(=O)C2Nc3ccccc3Cn3cccc32)cc1. The number of para-hydroxylation sites is 1. The van der Waals surface area contributed by atoms with Gasteiger partial charge in [-0.15, -0.1) is 0 Å². The zero-order valence-electron chi connectivity index (χ0n) is 20.0. The van der Waals surface area contributed by atoms with E-state index < -0.39 is 11.6 Å². The van der Waals surface area contributed by atoms with E-state index in [4.69, 9.17) is 16.3 Å². The molecule has 0 spiro atoms. The Hall–Kier alpha value is -4.03. The molecule has 5 rings (SSSR count). The Morgan fingerprint density at radius 3 is 2.44 bits per heavy atom. The summed E-state index contributed by atoms with van der Waals surface area (Å²) in [5.74, 6) is 0.190. The van der Waals surface area contributed by atoms with Gasteiger partial charge in [-0.1, -0.05) is 29.8 Å². The van der Waals surface area contributed by atoms with Crippen molar-refractivity contribution in [3.63, 3.8) is 0 Å². The lowest BCUT2D eigenvalue weighted by Crippen LogP contribution is -2.42. The number of fused-ring (bicyclic) bond motifs is 2. The van der Waals surface area contributed by atoms with Crippen molar-refractivity contribution in [3.05, 3.63) is 113 Å². The maximum atomic E-state index is 13.6. The number of carbonyl (C=O) groups excluding carboxylic acids is 2. The number of amides is 1. The standard InChI is InChI=1S/C29H26ClN3O3/c1-29(2,36-23-15-11-21(30)12-16-23)28(35)31-22-13-9-19(10-14-22)27(34)26-25-8-5-17-33(25)18-20-6-3-4-7-24(20)32-26/h3-17,26,32H,18H2,1-2H3,(H,31,35). The molecule has 1 aromatic heterocycles. The number of hydrogen-bond acceptors (Lipinski definition) is 4. The van der Waals surface area contributed by atoms with Crippen LogP contribution in [0.2, 0.25) is 5.02 Å². The van der Waals surface area contributed by atoms with Gasteiger partial charge in [-0.3, -0.25) is 9.59 Å². The highest BCUT2D eigenvalue weighted by Gasteiger charge is 2.31. The minimum absolute atomic E-state index is 0.0454. The fraction of sp³-hybridized carbons (Fsp3) is 0.172. The number of ether oxygens (including phenoxy) is 1. The first kappa shape index (κ1) is 23.7. The second kappa shape index (κ2) is 9.55. The highest BCUT2D eigenvalue weighted by atomic mass is 35.5. The minimum atomic E-state index is -1.12. The molecule has 0 saturated heterocycles. The van der Waals surface area contributed by atoms with E-state index in [1.807, 2.05) is 36.5 Å². The number of carbonyl (C=O) groups is 2. The van der Waals surface area contributed by atoms with Crippen LogP contribution in [0.4, 0.5) is 11.4 Å². The van der Waals surface area contributed by atoms with Gasteiger partial charge in [0, 0.05) is 40.4 Å².